The molecule has 1 amide bonds. The highest BCUT2D eigenvalue weighted by atomic mass is 35.5. The van der Waals surface area contributed by atoms with E-state index in [4.69, 9.17) is 28.4 Å². The Hall–Kier alpha value is -2.91. The third-order valence-corrected chi connectivity index (χ3v) is 4.08. The summed E-state index contributed by atoms with van der Waals surface area (Å²) in [6.07, 6.45) is 1.42. The van der Waals surface area contributed by atoms with Crippen molar-refractivity contribution < 1.29 is 10.0 Å². The fraction of sp³-hybridized carbons (Fsp3) is 0.0556. The van der Waals surface area contributed by atoms with Crippen LogP contribution in [0.2, 0.25) is 10.3 Å². The van der Waals surface area contributed by atoms with Crippen molar-refractivity contribution >= 4 is 52.0 Å². The first kappa shape index (κ1) is 19.8. The lowest BCUT2D eigenvalue weighted by atomic mass is 10.1. The third-order valence-electron chi connectivity index (χ3n) is 3.62. The predicted molar refractivity (Wildman–Crippen MR) is 108 cm³/mol. The number of nitrogens with one attached hydrogen (secondary N) is 2. The van der Waals surface area contributed by atoms with E-state index in [2.05, 4.69) is 20.6 Å². The first-order chi connectivity index (χ1) is 13.4. The average molecular weight is 419 g/mol. The van der Waals surface area contributed by atoms with Crippen LogP contribution in [0.1, 0.15) is 5.56 Å². The Kier molecular flexibility index (Phi) is 6.27. The van der Waals surface area contributed by atoms with Crippen LogP contribution in [-0.2, 0) is 11.2 Å². The van der Waals surface area contributed by atoms with Crippen LogP contribution in [0, 0.1) is 5.21 Å². The molecule has 0 aliphatic heterocycles. The van der Waals surface area contributed by atoms with E-state index in [9.17, 15) is 10.0 Å². The number of nitrogens with zero attached hydrogens (tertiary/aromatic N) is 3. The molecular weight excluding hydrogens is 405 g/mol. The van der Waals surface area contributed by atoms with Gasteiger partial charge in [0.25, 0.3) is 0 Å². The Morgan fingerprint density at radius 1 is 1.14 bits per heavy atom. The zero-order valence-corrected chi connectivity index (χ0v) is 15.8. The van der Waals surface area contributed by atoms with Crippen molar-refractivity contribution in [2.45, 2.75) is 6.42 Å². The lowest BCUT2D eigenvalue weighted by molar-refractivity contribution is -0.115. The molecule has 28 heavy (non-hydrogen) atoms. The van der Waals surface area contributed by atoms with E-state index in [0.717, 1.165) is 0 Å². The van der Waals surface area contributed by atoms with Crippen molar-refractivity contribution in [2.75, 3.05) is 15.9 Å². The smallest absolute Gasteiger partial charge is 0.228 e. The molecule has 0 atom stereocenters. The number of carbonyl (C=O) groups is 1. The van der Waals surface area contributed by atoms with Crippen LogP contribution in [0.25, 0.3) is 0 Å². The van der Waals surface area contributed by atoms with Gasteiger partial charge in [-0.3, -0.25) is 10.0 Å². The second-order valence-corrected chi connectivity index (χ2v) is 6.45. The van der Waals surface area contributed by atoms with Crippen LogP contribution in [0.15, 0.2) is 54.7 Å². The van der Waals surface area contributed by atoms with Gasteiger partial charge in [-0.05, 0) is 47.5 Å². The fourth-order valence-electron chi connectivity index (χ4n) is 2.42. The second-order valence-electron chi connectivity index (χ2n) is 5.71. The number of anilines is 4. The van der Waals surface area contributed by atoms with Crippen molar-refractivity contribution in [3.8, 4) is 0 Å². The molecule has 0 aliphatic carbocycles. The first-order valence-electron chi connectivity index (χ1n) is 8.01. The molecule has 0 radical (unpaired) electrons. The molecule has 0 unspecified atom stereocenters. The van der Waals surface area contributed by atoms with Gasteiger partial charge in [0.1, 0.15) is 5.02 Å². The number of aromatic nitrogens is 2. The number of hydrogen-bond acceptors (Lipinski definition) is 7. The number of amides is 1. The molecule has 0 fully saturated rings. The molecule has 2 aromatic carbocycles. The van der Waals surface area contributed by atoms with Gasteiger partial charge in [0, 0.05) is 11.4 Å². The Bertz CT molecular complexity index is 1000. The van der Waals surface area contributed by atoms with Gasteiger partial charge >= 0.3 is 0 Å². The van der Waals surface area contributed by atoms with Gasteiger partial charge in [0.2, 0.25) is 11.2 Å². The van der Waals surface area contributed by atoms with Gasteiger partial charge < -0.3 is 21.1 Å². The molecule has 0 saturated carbocycles. The summed E-state index contributed by atoms with van der Waals surface area (Å²) in [6.45, 7) is 0. The van der Waals surface area contributed by atoms with Crippen molar-refractivity contribution in [2.24, 2.45) is 0 Å². The summed E-state index contributed by atoms with van der Waals surface area (Å²) in [6, 6.07) is 13.1. The van der Waals surface area contributed by atoms with Gasteiger partial charge in [-0.1, -0.05) is 29.8 Å². The molecule has 1 heterocycles. The number of halogens is 2. The van der Waals surface area contributed by atoms with E-state index < -0.39 is 0 Å². The molecule has 1 aromatic heterocycles. The largest absolute Gasteiger partial charge is 0.733 e. The molecule has 3 aromatic rings. The Morgan fingerprint density at radius 2 is 1.89 bits per heavy atom. The number of carbonyl (C=O) groups excluding carboxylic acids is 1. The molecule has 8 nitrogen and oxygen atoms in total. The molecule has 3 N–H and O–H groups in total. The summed E-state index contributed by atoms with van der Waals surface area (Å²) in [5, 5.41) is 25.8. The minimum absolute atomic E-state index is 0.0344. The van der Waals surface area contributed by atoms with Crippen LogP contribution in [0.4, 0.5) is 22.9 Å². The zero-order chi connectivity index (χ0) is 20.1. The third kappa shape index (κ3) is 5.30. The average Bonchev–Trinajstić information content (AvgIpc) is 2.65. The Labute approximate surface area is 170 Å². The highest BCUT2D eigenvalue weighted by Gasteiger charge is 2.08. The van der Waals surface area contributed by atoms with Crippen LogP contribution >= 0.6 is 23.2 Å². The summed E-state index contributed by atoms with van der Waals surface area (Å²) in [5.74, 6) is 0.0564. The first-order valence-corrected chi connectivity index (χ1v) is 8.76. The molecule has 0 bridgehead atoms. The summed E-state index contributed by atoms with van der Waals surface area (Å²) in [4.78, 5) is 20.1. The van der Waals surface area contributed by atoms with Crippen LogP contribution in [0.3, 0.4) is 0 Å². The van der Waals surface area contributed by atoms with Crippen LogP contribution in [-0.4, -0.2) is 21.1 Å². The van der Waals surface area contributed by atoms with Gasteiger partial charge in [0.05, 0.1) is 18.3 Å². The van der Waals surface area contributed by atoms with E-state index >= 15 is 0 Å². The van der Waals surface area contributed by atoms with E-state index in [1.807, 2.05) is 0 Å². The minimum Gasteiger partial charge on any atom is -0.733 e. The number of benzene rings is 2. The van der Waals surface area contributed by atoms with E-state index in [1.165, 1.54) is 18.3 Å². The molecular formula is C18H14Cl2N5O3-. The van der Waals surface area contributed by atoms with Gasteiger partial charge in [0.15, 0.2) is 5.82 Å². The van der Waals surface area contributed by atoms with Gasteiger partial charge in [-0.2, -0.15) is 4.98 Å². The van der Waals surface area contributed by atoms with Crippen molar-refractivity contribution in [3.05, 3.63) is 75.8 Å². The quantitative estimate of drug-likeness (QED) is 0.401. The molecule has 0 spiro atoms. The second kappa shape index (κ2) is 8.85. The van der Waals surface area contributed by atoms with E-state index in [1.54, 1.807) is 36.4 Å². The monoisotopic (exact) mass is 418 g/mol. The van der Waals surface area contributed by atoms with Gasteiger partial charge in [-0.25, -0.2) is 4.98 Å². The van der Waals surface area contributed by atoms with E-state index in [-0.39, 0.29) is 28.5 Å². The SMILES string of the molecule is O=C(Cc1cccc(N([O-])O)c1)Nc1cccc(Nc2nc(Cl)ncc2Cl)c1. The molecule has 10 heteroatoms. The Balaban J connectivity index is 1.68. The van der Waals surface area contributed by atoms with Crippen molar-refractivity contribution in [3.63, 3.8) is 0 Å². The van der Waals surface area contributed by atoms with Gasteiger partial charge in [-0.15, -0.1) is 0 Å². The minimum atomic E-state index is -0.284. The van der Waals surface area contributed by atoms with Crippen molar-refractivity contribution in [1.29, 1.82) is 0 Å². The fourth-order valence-corrected chi connectivity index (χ4v) is 2.69. The summed E-state index contributed by atoms with van der Waals surface area (Å²) < 4.78 is 0. The maximum Gasteiger partial charge on any atom is 0.228 e. The van der Waals surface area contributed by atoms with E-state index in [0.29, 0.717) is 27.8 Å². The molecule has 0 saturated heterocycles. The standard InChI is InChI=1S/C18H14Cl2N5O3/c19-15-10-21-18(20)24-17(15)23-13-5-2-4-12(9-13)22-16(26)8-11-3-1-6-14(7-11)25(27)28/h1-7,9-10,27H,8H2,(H,22,26)(H,21,23,24)/q-1. The lowest BCUT2D eigenvalue weighted by Crippen LogP contribution is -2.15. The van der Waals surface area contributed by atoms with Crippen LogP contribution < -0.4 is 15.9 Å². The number of hydrogen-bond donors (Lipinski definition) is 3. The zero-order valence-electron chi connectivity index (χ0n) is 14.3. The molecule has 144 valence electrons. The lowest BCUT2D eigenvalue weighted by Gasteiger charge is -2.21. The predicted octanol–water partition coefficient (Wildman–Crippen LogP) is 4.40. The maximum absolute atomic E-state index is 12.3. The van der Waals surface area contributed by atoms with Crippen LogP contribution in [0.5, 0.6) is 0 Å². The van der Waals surface area contributed by atoms with Crippen molar-refractivity contribution in [1.82, 2.24) is 9.97 Å². The molecule has 3 rings (SSSR count). The number of rotatable bonds is 6. The topological polar surface area (TPSA) is 113 Å². The normalized spacial score (nSPS) is 10.4. The summed E-state index contributed by atoms with van der Waals surface area (Å²) in [5.41, 5.74) is 1.83. The summed E-state index contributed by atoms with van der Waals surface area (Å²) in [7, 11) is 0. The maximum atomic E-state index is 12.3. The highest BCUT2D eigenvalue weighted by molar-refractivity contribution is 6.33. The molecule has 0 aliphatic rings. The Morgan fingerprint density at radius 3 is 2.68 bits per heavy atom. The highest BCUT2D eigenvalue weighted by Crippen LogP contribution is 2.25. The summed E-state index contributed by atoms with van der Waals surface area (Å²) >= 11 is 11.8.